The second-order valence-corrected chi connectivity index (χ2v) is 37.2. The zero-order valence-electron chi connectivity index (χ0n) is 14.7. The molecule has 0 aromatic heterocycles. The van der Waals surface area contributed by atoms with E-state index in [2.05, 4.69) is 61.7 Å². The smallest absolute Gasteiger partial charge is 1.00 e. The zero-order chi connectivity index (χ0) is 15.1. The Labute approximate surface area is 154 Å². The van der Waals surface area contributed by atoms with E-state index >= 15 is 0 Å². The van der Waals surface area contributed by atoms with E-state index in [-0.39, 0.29) is 9.41 Å². The minimum atomic E-state index is -1.52. The second-order valence-electron chi connectivity index (χ2n) is 8.04. The van der Waals surface area contributed by atoms with Crippen LogP contribution in [0.5, 0.6) is 0 Å². The number of hydrogen-bond donors (Lipinski definition) is 0. The molecule has 0 saturated heterocycles. The van der Waals surface area contributed by atoms with Gasteiger partial charge in [-0.05, 0) is 0 Å². The molecular weight excluding hydrogens is 485 g/mol. The van der Waals surface area contributed by atoms with Crippen molar-refractivity contribution in [3.8, 4) is 0 Å². The fourth-order valence-electron chi connectivity index (χ4n) is 5.82. The van der Waals surface area contributed by atoms with Gasteiger partial charge in [-0.3, -0.25) is 0 Å². The SMILES string of the molecule is C[SiH](C)[Hf+2]([CH]1CCC2C=CC=CC21)[CH]1CCC2C=CC=CC21.[F-].[F-]. The van der Waals surface area contributed by atoms with Crippen molar-refractivity contribution in [3.63, 3.8) is 0 Å². The summed E-state index contributed by atoms with van der Waals surface area (Å²) in [6.45, 7) is 5.43. The first-order valence-corrected chi connectivity index (χ1v) is 22.6. The Kier molecular flexibility index (Phi) is 7.18. The number of rotatable bonds is 3. The van der Waals surface area contributed by atoms with E-state index in [1.54, 1.807) is 12.8 Å². The Hall–Kier alpha value is -0.0930. The maximum atomic E-state index is 2.72. The van der Waals surface area contributed by atoms with Gasteiger partial charge in [0.2, 0.25) is 0 Å². The van der Waals surface area contributed by atoms with Gasteiger partial charge in [0.1, 0.15) is 0 Å². The molecule has 0 aromatic carbocycles. The number of fused-ring (bicyclic) bond motifs is 2. The first-order valence-electron chi connectivity index (χ1n) is 9.32. The summed E-state index contributed by atoms with van der Waals surface area (Å²) in [5.74, 6) is 3.28. The molecule has 131 valence electrons. The van der Waals surface area contributed by atoms with Gasteiger partial charge in [0.15, 0.2) is 0 Å². The molecule has 4 aliphatic carbocycles. The average molecular weight is 514 g/mol. The minimum absolute atomic E-state index is 0. The molecule has 4 rings (SSSR count). The molecule has 2 saturated carbocycles. The molecule has 6 atom stereocenters. The van der Waals surface area contributed by atoms with Crippen LogP contribution in [0.15, 0.2) is 48.6 Å². The molecule has 0 bridgehead atoms. The molecule has 0 heterocycles. The van der Waals surface area contributed by atoms with Crippen LogP contribution in [-0.4, -0.2) is 5.98 Å². The van der Waals surface area contributed by atoms with E-state index in [0.717, 1.165) is 23.7 Å². The number of halogens is 2. The van der Waals surface area contributed by atoms with E-state index in [1.807, 2.05) is 0 Å². The van der Waals surface area contributed by atoms with Gasteiger partial charge < -0.3 is 9.41 Å². The maximum Gasteiger partial charge on any atom is -1.00 e. The fourth-order valence-corrected chi connectivity index (χ4v) is 43.7. The zero-order valence-corrected chi connectivity index (χ0v) is 19.5. The van der Waals surface area contributed by atoms with Crippen molar-refractivity contribution < 1.29 is 30.0 Å². The summed E-state index contributed by atoms with van der Waals surface area (Å²) >= 11 is -1.52. The molecule has 6 unspecified atom stereocenters. The van der Waals surface area contributed by atoms with Crippen molar-refractivity contribution in [1.82, 2.24) is 0 Å². The van der Waals surface area contributed by atoms with Gasteiger partial charge in [0.05, 0.1) is 0 Å². The average Bonchev–Trinajstić information content (AvgIpc) is 3.13. The summed E-state index contributed by atoms with van der Waals surface area (Å²) in [6.07, 6.45) is 25.7. The van der Waals surface area contributed by atoms with Crippen molar-refractivity contribution in [2.45, 2.75) is 46.1 Å². The number of allylic oxidation sites excluding steroid dienone is 8. The van der Waals surface area contributed by atoms with Crippen LogP contribution in [0.4, 0.5) is 0 Å². The monoisotopic (exact) mass is 515 g/mol. The van der Waals surface area contributed by atoms with Crippen LogP contribution in [0.2, 0.25) is 20.4 Å². The molecule has 0 spiro atoms. The Balaban J connectivity index is 0.00000104. The van der Waals surface area contributed by atoms with Crippen molar-refractivity contribution in [2.24, 2.45) is 23.7 Å². The van der Waals surface area contributed by atoms with Crippen LogP contribution < -0.4 is 9.41 Å². The molecule has 0 amide bonds. The summed E-state index contributed by atoms with van der Waals surface area (Å²) in [5, 5.41) is 0. The summed E-state index contributed by atoms with van der Waals surface area (Å²) in [6, 6.07) is 0. The molecule has 0 radical (unpaired) electrons. The van der Waals surface area contributed by atoms with Gasteiger partial charge in [-0.15, -0.1) is 0 Å². The van der Waals surface area contributed by atoms with E-state index in [4.69, 9.17) is 0 Å². The third kappa shape index (κ3) is 3.55. The van der Waals surface area contributed by atoms with Gasteiger partial charge in [-0.1, -0.05) is 0 Å². The summed E-state index contributed by atoms with van der Waals surface area (Å²) in [4.78, 5) is 0. The standard InChI is InChI=1S/2C9H11.C2H7Si.2FH.Hf/c2*1-2-5-9-7-3-6-8(9)4-1;1-3-2;;;/h2*1-2,4-6,8-9H,3,7H2;3H,1-2H3;2*1H;/q;;;;;+2/p-2. The van der Waals surface area contributed by atoms with Crippen molar-refractivity contribution in [3.05, 3.63) is 48.6 Å². The van der Waals surface area contributed by atoms with Crippen LogP contribution in [-0.2, 0) is 20.6 Å². The normalized spacial score (nSPS) is 38.5. The Morgan fingerprint density at radius 3 is 1.50 bits per heavy atom. The molecule has 4 heteroatoms. The van der Waals surface area contributed by atoms with Crippen LogP contribution >= 0.6 is 0 Å². The molecule has 0 aliphatic heterocycles. The van der Waals surface area contributed by atoms with Gasteiger partial charge in [0, 0.05) is 0 Å². The molecule has 0 N–H and O–H groups in total. The predicted molar refractivity (Wildman–Crippen MR) is 95.4 cm³/mol. The Bertz CT molecular complexity index is 496. The van der Waals surface area contributed by atoms with E-state index in [1.165, 1.54) is 20.2 Å². The first-order chi connectivity index (χ1) is 10.8. The molecular formula is C20H29F2HfSi. The molecule has 24 heavy (non-hydrogen) atoms. The van der Waals surface area contributed by atoms with Crippen LogP contribution in [0, 0.1) is 23.7 Å². The third-order valence-corrected chi connectivity index (χ3v) is 40.4. The van der Waals surface area contributed by atoms with Crippen molar-refractivity contribution in [1.29, 1.82) is 0 Å². The first kappa shape index (κ1) is 20.2. The van der Waals surface area contributed by atoms with Gasteiger partial charge >= 0.3 is 145 Å². The van der Waals surface area contributed by atoms with E-state index < -0.39 is 26.6 Å². The van der Waals surface area contributed by atoms with Gasteiger partial charge in [-0.2, -0.15) is 0 Å². The molecule has 0 nitrogen and oxygen atoms in total. The number of hydrogen-bond acceptors (Lipinski definition) is 0. The summed E-state index contributed by atoms with van der Waals surface area (Å²) in [7, 11) is 0. The van der Waals surface area contributed by atoms with Gasteiger partial charge in [0.25, 0.3) is 0 Å². The predicted octanol–water partition coefficient (Wildman–Crippen LogP) is -0.523. The largest absolute Gasteiger partial charge is 1.00 e. The fraction of sp³-hybridized carbons (Fsp3) is 0.600. The topological polar surface area (TPSA) is 0 Å². The molecule has 4 aliphatic rings. The molecule has 2 fully saturated rings. The quantitative estimate of drug-likeness (QED) is 0.446. The Morgan fingerprint density at radius 1 is 0.667 bits per heavy atom. The van der Waals surface area contributed by atoms with Crippen molar-refractivity contribution >= 4 is 5.98 Å². The van der Waals surface area contributed by atoms with E-state index in [0.29, 0.717) is 0 Å². The Morgan fingerprint density at radius 2 is 1.08 bits per heavy atom. The second kappa shape index (κ2) is 8.53. The van der Waals surface area contributed by atoms with Crippen LogP contribution in [0.1, 0.15) is 25.7 Å². The summed E-state index contributed by atoms with van der Waals surface area (Å²) in [5.41, 5.74) is 0. The summed E-state index contributed by atoms with van der Waals surface area (Å²) < 4.78 is 2.37. The van der Waals surface area contributed by atoms with Crippen molar-refractivity contribution in [2.75, 3.05) is 0 Å². The van der Waals surface area contributed by atoms with E-state index in [9.17, 15) is 0 Å². The maximum absolute atomic E-state index is 2.72. The molecule has 0 aromatic rings. The van der Waals surface area contributed by atoms with Crippen LogP contribution in [0.3, 0.4) is 0 Å². The van der Waals surface area contributed by atoms with Crippen LogP contribution in [0.25, 0.3) is 0 Å². The minimum Gasteiger partial charge on any atom is -1.00 e. The third-order valence-electron chi connectivity index (χ3n) is 6.67. The van der Waals surface area contributed by atoms with Gasteiger partial charge in [-0.25, -0.2) is 0 Å².